The van der Waals surface area contributed by atoms with Crippen LogP contribution in [0.5, 0.6) is 5.75 Å². The van der Waals surface area contributed by atoms with Crippen molar-refractivity contribution in [3.05, 3.63) is 47.3 Å². The Morgan fingerprint density at radius 2 is 2.17 bits per heavy atom. The van der Waals surface area contributed by atoms with E-state index in [9.17, 15) is 0 Å². The van der Waals surface area contributed by atoms with Gasteiger partial charge in [0.25, 0.3) is 0 Å². The average molecular weight is 314 g/mol. The lowest BCUT2D eigenvalue weighted by Gasteiger charge is -2.23. The fourth-order valence-corrected chi connectivity index (χ4v) is 3.23. The summed E-state index contributed by atoms with van der Waals surface area (Å²) in [5.41, 5.74) is 2.31. The zero-order valence-electron chi connectivity index (χ0n) is 14.3. The van der Waals surface area contributed by atoms with Gasteiger partial charge in [-0.15, -0.1) is 0 Å². The summed E-state index contributed by atoms with van der Waals surface area (Å²) in [5, 5.41) is 4.32. The van der Waals surface area contributed by atoms with Crippen LogP contribution in [0.25, 0.3) is 0 Å². The van der Waals surface area contributed by atoms with E-state index in [1.807, 2.05) is 13.0 Å². The molecular weight excluding hydrogens is 288 g/mol. The predicted molar refractivity (Wildman–Crippen MR) is 90.6 cm³/mol. The van der Waals surface area contributed by atoms with Gasteiger partial charge in [0.15, 0.2) is 0 Å². The Morgan fingerprint density at radius 1 is 1.35 bits per heavy atom. The van der Waals surface area contributed by atoms with Gasteiger partial charge in [0.2, 0.25) is 0 Å². The molecule has 0 spiro atoms. The van der Waals surface area contributed by atoms with E-state index in [1.165, 1.54) is 12.0 Å². The van der Waals surface area contributed by atoms with Gasteiger partial charge in [0.1, 0.15) is 17.2 Å². The Morgan fingerprint density at radius 3 is 2.91 bits per heavy atom. The normalized spacial score (nSPS) is 18.7. The van der Waals surface area contributed by atoms with E-state index in [0.717, 1.165) is 36.7 Å². The van der Waals surface area contributed by atoms with Gasteiger partial charge >= 0.3 is 0 Å². The van der Waals surface area contributed by atoms with E-state index >= 15 is 0 Å². The van der Waals surface area contributed by atoms with Crippen LogP contribution in [0.4, 0.5) is 0 Å². The van der Waals surface area contributed by atoms with Gasteiger partial charge in [-0.05, 0) is 32.4 Å². The smallest absolute Gasteiger partial charge is 0.139 e. The molecule has 1 aliphatic heterocycles. The summed E-state index contributed by atoms with van der Waals surface area (Å²) in [5.74, 6) is 2.34. The van der Waals surface area contributed by atoms with E-state index in [2.05, 4.69) is 48.2 Å². The van der Waals surface area contributed by atoms with E-state index < -0.39 is 0 Å². The number of hydrogen-bond acceptors (Lipinski definition) is 4. The zero-order chi connectivity index (χ0) is 16.2. The van der Waals surface area contributed by atoms with Crippen LogP contribution in [0.1, 0.15) is 62.6 Å². The highest BCUT2D eigenvalue weighted by molar-refractivity contribution is 5.33. The summed E-state index contributed by atoms with van der Waals surface area (Å²) in [4.78, 5) is 2.49. The van der Waals surface area contributed by atoms with Crippen molar-refractivity contribution in [1.82, 2.24) is 10.1 Å². The van der Waals surface area contributed by atoms with Gasteiger partial charge in [0, 0.05) is 24.1 Å². The zero-order valence-corrected chi connectivity index (χ0v) is 14.3. The maximum Gasteiger partial charge on any atom is 0.139 e. The lowest BCUT2D eigenvalue weighted by Crippen LogP contribution is -2.23. The number of nitrogens with zero attached hydrogens (tertiary/aromatic N) is 2. The molecule has 4 nitrogen and oxygen atoms in total. The predicted octanol–water partition coefficient (Wildman–Crippen LogP) is 4.53. The molecule has 0 saturated carbocycles. The molecule has 3 rings (SSSR count). The summed E-state index contributed by atoms with van der Waals surface area (Å²) < 4.78 is 11.3. The minimum absolute atomic E-state index is 0.348. The molecule has 1 fully saturated rings. The number of hydrogen-bond donors (Lipinski definition) is 0. The second kappa shape index (κ2) is 7.18. The third kappa shape index (κ3) is 3.58. The Balaban J connectivity index is 1.76. The molecule has 23 heavy (non-hydrogen) atoms. The highest BCUT2D eigenvalue weighted by Gasteiger charge is 2.29. The van der Waals surface area contributed by atoms with Crippen molar-refractivity contribution in [1.29, 1.82) is 0 Å². The summed E-state index contributed by atoms with van der Waals surface area (Å²) in [7, 11) is 0. The van der Waals surface area contributed by atoms with Crippen molar-refractivity contribution in [2.24, 2.45) is 0 Å². The fourth-order valence-electron chi connectivity index (χ4n) is 3.23. The molecule has 1 saturated heterocycles. The third-order valence-electron chi connectivity index (χ3n) is 4.47. The van der Waals surface area contributed by atoms with E-state index in [1.54, 1.807) is 0 Å². The highest BCUT2D eigenvalue weighted by Crippen LogP contribution is 2.35. The third-order valence-corrected chi connectivity index (χ3v) is 4.47. The van der Waals surface area contributed by atoms with Crippen molar-refractivity contribution in [2.45, 2.75) is 52.1 Å². The van der Waals surface area contributed by atoms with Crippen LogP contribution < -0.4 is 4.74 Å². The van der Waals surface area contributed by atoms with Crippen LogP contribution in [0.2, 0.25) is 0 Å². The molecule has 0 radical (unpaired) electrons. The van der Waals surface area contributed by atoms with Crippen molar-refractivity contribution in [3.63, 3.8) is 0 Å². The second-order valence-electron chi connectivity index (χ2n) is 6.48. The van der Waals surface area contributed by atoms with Crippen LogP contribution in [0.3, 0.4) is 0 Å². The summed E-state index contributed by atoms with van der Waals surface area (Å²) >= 11 is 0. The Labute approximate surface area is 138 Å². The number of para-hydroxylation sites is 1. The minimum Gasteiger partial charge on any atom is -0.494 e. The Hall–Kier alpha value is -1.81. The number of benzene rings is 1. The number of rotatable bonds is 6. The number of aromatic nitrogens is 1. The van der Waals surface area contributed by atoms with Crippen LogP contribution in [-0.4, -0.2) is 23.2 Å². The molecule has 1 aliphatic rings. The standard InChI is InChI=1S/C19H26N2O2/c1-4-22-18-10-6-5-8-15(18)13-21-11-7-9-17(21)16-12-19(14(2)3)23-20-16/h5-6,8,10,12,14,17H,4,7,9,11,13H2,1-3H3/t17-/m0/s1. The monoisotopic (exact) mass is 314 g/mol. The quantitative estimate of drug-likeness (QED) is 0.785. The van der Waals surface area contributed by atoms with Crippen LogP contribution >= 0.6 is 0 Å². The molecule has 4 heteroatoms. The molecule has 0 N–H and O–H groups in total. The van der Waals surface area contributed by atoms with E-state index in [-0.39, 0.29) is 0 Å². The molecule has 2 aromatic rings. The topological polar surface area (TPSA) is 38.5 Å². The Bertz CT molecular complexity index is 636. The molecule has 0 unspecified atom stereocenters. The molecule has 1 aromatic heterocycles. The van der Waals surface area contributed by atoms with Gasteiger partial charge in [-0.3, -0.25) is 4.90 Å². The fraction of sp³-hybridized carbons (Fsp3) is 0.526. The molecule has 1 atom stereocenters. The molecule has 0 bridgehead atoms. The first kappa shape index (κ1) is 16.1. The van der Waals surface area contributed by atoms with Crippen molar-refractivity contribution in [3.8, 4) is 5.75 Å². The molecule has 1 aromatic carbocycles. The maximum absolute atomic E-state index is 5.76. The lowest BCUT2D eigenvalue weighted by molar-refractivity contribution is 0.231. The van der Waals surface area contributed by atoms with Crippen LogP contribution in [-0.2, 0) is 6.54 Å². The number of ether oxygens (including phenoxy) is 1. The summed E-state index contributed by atoms with van der Waals surface area (Å²) in [6, 6.07) is 10.8. The summed E-state index contributed by atoms with van der Waals surface area (Å²) in [6.07, 6.45) is 2.34. The van der Waals surface area contributed by atoms with Crippen molar-refractivity contribution in [2.75, 3.05) is 13.2 Å². The number of likely N-dealkylation sites (tertiary alicyclic amines) is 1. The first-order chi connectivity index (χ1) is 11.2. The maximum atomic E-state index is 5.76. The van der Waals surface area contributed by atoms with Gasteiger partial charge in [-0.1, -0.05) is 37.2 Å². The second-order valence-corrected chi connectivity index (χ2v) is 6.48. The van der Waals surface area contributed by atoms with Crippen LogP contribution in [0, 0.1) is 0 Å². The first-order valence-electron chi connectivity index (χ1n) is 8.60. The van der Waals surface area contributed by atoms with E-state index in [4.69, 9.17) is 9.26 Å². The first-order valence-corrected chi connectivity index (χ1v) is 8.60. The van der Waals surface area contributed by atoms with Crippen molar-refractivity contribution < 1.29 is 9.26 Å². The molecular formula is C19H26N2O2. The Kier molecular flexibility index (Phi) is 5.01. The van der Waals surface area contributed by atoms with E-state index in [0.29, 0.717) is 18.6 Å². The van der Waals surface area contributed by atoms with Gasteiger partial charge < -0.3 is 9.26 Å². The SMILES string of the molecule is CCOc1ccccc1CN1CCC[C@H]1c1cc(C(C)C)on1. The van der Waals surface area contributed by atoms with Crippen LogP contribution in [0.15, 0.2) is 34.9 Å². The minimum atomic E-state index is 0.348. The average Bonchev–Trinajstić information content (AvgIpc) is 3.18. The molecule has 2 heterocycles. The molecule has 0 amide bonds. The molecule has 124 valence electrons. The van der Waals surface area contributed by atoms with Crippen molar-refractivity contribution >= 4 is 0 Å². The largest absolute Gasteiger partial charge is 0.494 e. The van der Waals surface area contributed by atoms with Gasteiger partial charge in [-0.2, -0.15) is 0 Å². The van der Waals surface area contributed by atoms with Gasteiger partial charge in [-0.25, -0.2) is 0 Å². The molecule has 0 aliphatic carbocycles. The summed E-state index contributed by atoms with van der Waals surface area (Å²) in [6.45, 7) is 8.98. The highest BCUT2D eigenvalue weighted by atomic mass is 16.5. The lowest BCUT2D eigenvalue weighted by atomic mass is 10.1. The van der Waals surface area contributed by atoms with Gasteiger partial charge in [0.05, 0.1) is 12.6 Å².